The maximum absolute atomic E-state index is 10.0. The number of hydrogen-bond acceptors (Lipinski definition) is 4. The third-order valence-corrected chi connectivity index (χ3v) is 3.23. The summed E-state index contributed by atoms with van der Waals surface area (Å²) in [5.74, 6) is 1.55. The van der Waals surface area contributed by atoms with Crippen molar-refractivity contribution in [3.63, 3.8) is 0 Å². The molecule has 4 heteroatoms. The van der Waals surface area contributed by atoms with Crippen LogP contribution in [0.3, 0.4) is 0 Å². The minimum atomic E-state index is 0.245. The number of aromatic hydroxyl groups is 1. The van der Waals surface area contributed by atoms with Gasteiger partial charge in [0.05, 0.1) is 14.2 Å². The number of ether oxygens (including phenoxy) is 2. The van der Waals surface area contributed by atoms with Gasteiger partial charge in [-0.2, -0.15) is 0 Å². The van der Waals surface area contributed by atoms with Gasteiger partial charge in [-0.3, -0.25) is 0 Å². The molecular formula is C13H19NO3. The van der Waals surface area contributed by atoms with Gasteiger partial charge in [-0.05, 0) is 25.8 Å². The smallest absolute Gasteiger partial charge is 0.129 e. The second-order valence-electron chi connectivity index (χ2n) is 4.32. The normalized spacial score (nSPS) is 19.3. The lowest BCUT2D eigenvalue weighted by Crippen LogP contribution is -2.23. The van der Waals surface area contributed by atoms with E-state index in [9.17, 15) is 5.11 Å². The summed E-state index contributed by atoms with van der Waals surface area (Å²) in [6.07, 6.45) is 3.14. The molecule has 0 bridgehead atoms. The SMILES string of the molecule is COc1cc(O)c(CC2CCCN2)c(OC)c1. The molecule has 0 aliphatic carbocycles. The quantitative estimate of drug-likeness (QED) is 0.837. The molecule has 1 fully saturated rings. The van der Waals surface area contributed by atoms with E-state index in [4.69, 9.17) is 9.47 Å². The molecule has 0 radical (unpaired) electrons. The number of methoxy groups -OCH3 is 2. The summed E-state index contributed by atoms with van der Waals surface area (Å²) < 4.78 is 10.4. The lowest BCUT2D eigenvalue weighted by atomic mass is 10.0. The number of nitrogens with one attached hydrogen (secondary N) is 1. The van der Waals surface area contributed by atoms with Gasteiger partial charge in [0.25, 0.3) is 0 Å². The van der Waals surface area contributed by atoms with Crippen molar-refractivity contribution in [3.8, 4) is 17.2 Å². The second-order valence-corrected chi connectivity index (χ2v) is 4.32. The Morgan fingerprint density at radius 3 is 2.76 bits per heavy atom. The molecule has 1 aromatic rings. The summed E-state index contributed by atoms with van der Waals surface area (Å²) in [5, 5.41) is 13.4. The molecule has 0 amide bonds. The Morgan fingerprint density at radius 2 is 2.18 bits per heavy atom. The van der Waals surface area contributed by atoms with Crippen LogP contribution in [0.25, 0.3) is 0 Å². The summed E-state index contributed by atoms with van der Waals surface area (Å²) in [7, 11) is 3.19. The van der Waals surface area contributed by atoms with Crippen LogP contribution in [0.5, 0.6) is 17.2 Å². The Hall–Kier alpha value is -1.42. The number of rotatable bonds is 4. The molecule has 1 atom stereocenters. The molecule has 1 aliphatic heterocycles. The fourth-order valence-corrected chi connectivity index (χ4v) is 2.29. The summed E-state index contributed by atoms with van der Waals surface area (Å²) in [6.45, 7) is 1.06. The first kappa shape index (κ1) is 12.0. The van der Waals surface area contributed by atoms with Crippen LogP contribution in [-0.4, -0.2) is 31.9 Å². The van der Waals surface area contributed by atoms with E-state index in [-0.39, 0.29) is 5.75 Å². The van der Waals surface area contributed by atoms with E-state index in [1.54, 1.807) is 20.3 Å². The molecule has 0 saturated carbocycles. The van der Waals surface area contributed by atoms with Gasteiger partial charge in [-0.15, -0.1) is 0 Å². The van der Waals surface area contributed by atoms with Crippen LogP contribution in [-0.2, 0) is 6.42 Å². The zero-order chi connectivity index (χ0) is 12.3. The van der Waals surface area contributed by atoms with Crippen molar-refractivity contribution in [1.82, 2.24) is 5.32 Å². The molecular weight excluding hydrogens is 218 g/mol. The highest BCUT2D eigenvalue weighted by molar-refractivity contribution is 5.50. The largest absolute Gasteiger partial charge is 0.507 e. The fraction of sp³-hybridized carbons (Fsp3) is 0.538. The Morgan fingerprint density at radius 1 is 1.35 bits per heavy atom. The highest BCUT2D eigenvalue weighted by atomic mass is 16.5. The molecule has 0 aromatic heterocycles. The van der Waals surface area contributed by atoms with E-state index in [2.05, 4.69) is 5.32 Å². The molecule has 0 spiro atoms. The van der Waals surface area contributed by atoms with Gasteiger partial charge in [0.15, 0.2) is 0 Å². The van der Waals surface area contributed by atoms with Crippen LogP contribution in [0.2, 0.25) is 0 Å². The van der Waals surface area contributed by atoms with Crippen molar-refractivity contribution in [2.24, 2.45) is 0 Å². The molecule has 94 valence electrons. The zero-order valence-electron chi connectivity index (χ0n) is 10.3. The number of phenols is 1. The van der Waals surface area contributed by atoms with E-state index in [1.165, 1.54) is 6.42 Å². The molecule has 2 N–H and O–H groups in total. The van der Waals surface area contributed by atoms with Crippen molar-refractivity contribution >= 4 is 0 Å². The van der Waals surface area contributed by atoms with Gasteiger partial charge < -0.3 is 19.9 Å². The summed E-state index contributed by atoms with van der Waals surface area (Å²) in [5.41, 5.74) is 0.854. The van der Waals surface area contributed by atoms with E-state index >= 15 is 0 Å². The summed E-state index contributed by atoms with van der Waals surface area (Å²) in [6, 6.07) is 3.87. The number of hydrogen-bond donors (Lipinski definition) is 2. The standard InChI is InChI=1S/C13H19NO3/c1-16-10-7-12(15)11(13(8-10)17-2)6-9-4-3-5-14-9/h7-9,14-15H,3-6H2,1-2H3. The van der Waals surface area contributed by atoms with Gasteiger partial charge in [-0.25, -0.2) is 0 Å². The summed E-state index contributed by atoms with van der Waals surface area (Å²) >= 11 is 0. The predicted octanol–water partition coefficient (Wildman–Crippen LogP) is 1.70. The minimum Gasteiger partial charge on any atom is -0.507 e. The van der Waals surface area contributed by atoms with Crippen LogP contribution in [0, 0.1) is 0 Å². The van der Waals surface area contributed by atoms with Crippen LogP contribution in [0.1, 0.15) is 18.4 Å². The van der Waals surface area contributed by atoms with E-state index < -0.39 is 0 Å². The van der Waals surface area contributed by atoms with E-state index in [0.717, 1.165) is 24.9 Å². The third-order valence-electron chi connectivity index (χ3n) is 3.23. The maximum atomic E-state index is 10.0. The maximum Gasteiger partial charge on any atom is 0.129 e. The molecule has 2 rings (SSSR count). The molecule has 1 heterocycles. The third kappa shape index (κ3) is 2.64. The average Bonchev–Trinajstić information content (AvgIpc) is 2.84. The van der Waals surface area contributed by atoms with Crippen LogP contribution in [0.15, 0.2) is 12.1 Å². The van der Waals surface area contributed by atoms with Crippen LogP contribution < -0.4 is 14.8 Å². The Labute approximate surface area is 102 Å². The molecule has 1 aromatic carbocycles. The first-order valence-electron chi connectivity index (χ1n) is 5.92. The van der Waals surface area contributed by atoms with Crippen molar-refractivity contribution < 1.29 is 14.6 Å². The fourth-order valence-electron chi connectivity index (χ4n) is 2.29. The highest BCUT2D eigenvalue weighted by Crippen LogP contribution is 2.34. The van der Waals surface area contributed by atoms with E-state index in [0.29, 0.717) is 17.5 Å². The molecule has 1 unspecified atom stereocenters. The van der Waals surface area contributed by atoms with Gasteiger partial charge >= 0.3 is 0 Å². The number of benzene rings is 1. The first-order chi connectivity index (χ1) is 8.24. The van der Waals surface area contributed by atoms with Crippen molar-refractivity contribution in [3.05, 3.63) is 17.7 Å². The zero-order valence-corrected chi connectivity index (χ0v) is 10.3. The molecule has 1 saturated heterocycles. The Balaban J connectivity index is 2.24. The summed E-state index contributed by atoms with van der Waals surface area (Å²) in [4.78, 5) is 0. The Kier molecular flexibility index (Phi) is 3.74. The highest BCUT2D eigenvalue weighted by Gasteiger charge is 2.19. The van der Waals surface area contributed by atoms with Gasteiger partial charge in [0, 0.05) is 23.7 Å². The Bertz CT molecular complexity index is 386. The topological polar surface area (TPSA) is 50.7 Å². The van der Waals surface area contributed by atoms with Gasteiger partial charge in [0.1, 0.15) is 17.2 Å². The average molecular weight is 237 g/mol. The lowest BCUT2D eigenvalue weighted by molar-refractivity contribution is 0.376. The van der Waals surface area contributed by atoms with E-state index in [1.807, 2.05) is 6.07 Å². The minimum absolute atomic E-state index is 0.245. The molecule has 4 nitrogen and oxygen atoms in total. The van der Waals surface area contributed by atoms with Gasteiger partial charge in [-0.1, -0.05) is 0 Å². The number of phenolic OH excluding ortho intramolecular Hbond substituents is 1. The monoisotopic (exact) mass is 237 g/mol. The van der Waals surface area contributed by atoms with Gasteiger partial charge in [0.2, 0.25) is 0 Å². The van der Waals surface area contributed by atoms with Crippen molar-refractivity contribution in [2.45, 2.75) is 25.3 Å². The van der Waals surface area contributed by atoms with Crippen molar-refractivity contribution in [1.29, 1.82) is 0 Å². The molecule has 1 aliphatic rings. The van der Waals surface area contributed by atoms with Crippen LogP contribution >= 0.6 is 0 Å². The lowest BCUT2D eigenvalue weighted by Gasteiger charge is -2.16. The molecule has 17 heavy (non-hydrogen) atoms. The first-order valence-corrected chi connectivity index (χ1v) is 5.92. The predicted molar refractivity (Wildman–Crippen MR) is 65.9 cm³/mol. The second kappa shape index (κ2) is 5.27. The van der Waals surface area contributed by atoms with Crippen molar-refractivity contribution in [2.75, 3.05) is 20.8 Å². The van der Waals surface area contributed by atoms with Crippen LogP contribution in [0.4, 0.5) is 0 Å².